The SMILES string of the molecule is Cl.O=C1OC2(CCCCC2)C(c2ccc(Cl)cc2)C1CN1CCCCC1. The van der Waals surface area contributed by atoms with Crippen molar-refractivity contribution in [3.63, 3.8) is 0 Å². The third kappa shape index (κ3) is 3.90. The summed E-state index contributed by atoms with van der Waals surface area (Å²) in [5.74, 6) is 0.143. The highest BCUT2D eigenvalue weighted by Crippen LogP contribution is 2.52. The van der Waals surface area contributed by atoms with E-state index in [0.717, 1.165) is 50.3 Å². The van der Waals surface area contributed by atoms with Gasteiger partial charge in [-0.3, -0.25) is 4.79 Å². The highest BCUT2D eigenvalue weighted by Gasteiger charge is 2.56. The van der Waals surface area contributed by atoms with Gasteiger partial charge in [-0.2, -0.15) is 0 Å². The van der Waals surface area contributed by atoms with E-state index in [1.807, 2.05) is 12.1 Å². The Morgan fingerprint density at radius 2 is 1.62 bits per heavy atom. The number of piperidine rings is 1. The minimum atomic E-state index is -0.288. The molecule has 144 valence electrons. The van der Waals surface area contributed by atoms with Crippen molar-refractivity contribution >= 4 is 30.0 Å². The summed E-state index contributed by atoms with van der Waals surface area (Å²) in [6, 6.07) is 8.12. The van der Waals surface area contributed by atoms with E-state index < -0.39 is 0 Å². The molecule has 0 radical (unpaired) electrons. The molecule has 0 bridgehead atoms. The quantitative estimate of drug-likeness (QED) is 0.655. The summed E-state index contributed by atoms with van der Waals surface area (Å²) in [6.07, 6.45) is 9.39. The lowest BCUT2D eigenvalue weighted by atomic mass is 9.69. The molecular formula is C21H29Cl2NO2. The van der Waals surface area contributed by atoms with Crippen LogP contribution in [0.1, 0.15) is 62.8 Å². The number of carbonyl (C=O) groups is 1. The van der Waals surface area contributed by atoms with Crippen molar-refractivity contribution < 1.29 is 9.53 Å². The van der Waals surface area contributed by atoms with Gasteiger partial charge in [-0.05, 0) is 69.3 Å². The fourth-order valence-corrected chi connectivity index (χ4v) is 5.34. The first-order chi connectivity index (χ1) is 12.2. The smallest absolute Gasteiger partial charge is 0.311 e. The summed E-state index contributed by atoms with van der Waals surface area (Å²) < 4.78 is 6.14. The fraction of sp³-hybridized carbons (Fsp3) is 0.667. The molecule has 0 amide bonds. The summed E-state index contributed by atoms with van der Waals surface area (Å²) in [5.41, 5.74) is 0.933. The van der Waals surface area contributed by atoms with Crippen LogP contribution in [0.25, 0.3) is 0 Å². The van der Waals surface area contributed by atoms with Crippen LogP contribution in [0.4, 0.5) is 0 Å². The number of likely N-dealkylation sites (tertiary alicyclic amines) is 1. The summed E-state index contributed by atoms with van der Waals surface area (Å²) >= 11 is 6.11. The number of esters is 1. The maximum atomic E-state index is 12.9. The Morgan fingerprint density at radius 1 is 1.00 bits per heavy atom. The van der Waals surface area contributed by atoms with Crippen molar-refractivity contribution in [3.05, 3.63) is 34.9 Å². The predicted molar refractivity (Wildman–Crippen MR) is 107 cm³/mol. The number of hydrogen-bond donors (Lipinski definition) is 0. The van der Waals surface area contributed by atoms with E-state index in [1.54, 1.807) is 0 Å². The molecule has 3 nitrogen and oxygen atoms in total. The van der Waals surface area contributed by atoms with Gasteiger partial charge in [-0.15, -0.1) is 12.4 Å². The highest BCUT2D eigenvalue weighted by molar-refractivity contribution is 6.30. The van der Waals surface area contributed by atoms with Crippen LogP contribution >= 0.6 is 24.0 Å². The molecule has 1 spiro atoms. The van der Waals surface area contributed by atoms with Crippen LogP contribution in [0.5, 0.6) is 0 Å². The average molecular weight is 398 g/mol. The molecule has 0 N–H and O–H groups in total. The first kappa shape index (κ1) is 20.0. The van der Waals surface area contributed by atoms with Crippen molar-refractivity contribution in [2.24, 2.45) is 5.92 Å². The van der Waals surface area contributed by atoms with Crippen LogP contribution in [0.15, 0.2) is 24.3 Å². The van der Waals surface area contributed by atoms with E-state index in [2.05, 4.69) is 17.0 Å². The van der Waals surface area contributed by atoms with Gasteiger partial charge in [0.15, 0.2) is 0 Å². The summed E-state index contributed by atoms with van der Waals surface area (Å²) in [6.45, 7) is 3.07. The van der Waals surface area contributed by atoms with Crippen LogP contribution in [-0.2, 0) is 9.53 Å². The number of rotatable bonds is 3. The number of nitrogens with zero attached hydrogens (tertiary/aromatic N) is 1. The largest absolute Gasteiger partial charge is 0.458 e. The highest BCUT2D eigenvalue weighted by atomic mass is 35.5. The number of carbonyl (C=O) groups excluding carboxylic acids is 1. The molecule has 2 heterocycles. The molecule has 5 heteroatoms. The van der Waals surface area contributed by atoms with Crippen LogP contribution in [-0.4, -0.2) is 36.1 Å². The Bertz CT molecular complexity index is 607. The van der Waals surface area contributed by atoms with Gasteiger partial charge in [0.2, 0.25) is 0 Å². The normalized spacial score (nSPS) is 28.6. The van der Waals surface area contributed by atoms with Gasteiger partial charge in [-0.1, -0.05) is 36.6 Å². The van der Waals surface area contributed by atoms with E-state index >= 15 is 0 Å². The molecule has 3 fully saturated rings. The first-order valence-electron chi connectivity index (χ1n) is 9.89. The van der Waals surface area contributed by atoms with Crippen molar-refractivity contribution in [2.75, 3.05) is 19.6 Å². The van der Waals surface area contributed by atoms with E-state index in [9.17, 15) is 4.79 Å². The topological polar surface area (TPSA) is 29.5 Å². The molecule has 0 aromatic heterocycles. The molecule has 2 aliphatic heterocycles. The minimum Gasteiger partial charge on any atom is -0.458 e. The molecule has 1 aromatic carbocycles. The van der Waals surface area contributed by atoms with Crippen LogP contribution in [0.3, 0.4) is 0 Å². The third-order valence-electron chi connectivity index (χ3n) is 6.41. The molecule has 2 saturated heterocycles. The van der Waals surface area contributed by atoms with Gasteiger partial charge >= 0.3 is 5.97 Å². The van der Waals surface area contributed by atoms with Crippen LogP contribution < -0.4 is 0 Å². The molecule has 1 saturated carbocycles. The Hall–Kier alpha value is -0.770. The lowest BCUT2D eigenvalue weighted by Gasteiger charge is -2.39. The van der Waals surface area contributed by atoms with Gasteiger partial charge in [0, 0.05) is 17.5 Å². The minimum absolute atomic E-state index is 0. The molecule has 1 aromatic rings. The van der Waals surface area contributed by atoms with Gasteiger partial charge in [0.05, 0.1) is 5.92 Å². The van der Waals surface area contributed by atoms with Crippen molar-refractivity contribution in [3.8, 4) is 0 Å². The zero-order chi connectivity index (χ0) is 17.3. The van der Waals surface area contributed by atoms with Crippen molar-refractivity contribution in [2.45, 2.75) is 62.9 Å². The molecule has 2 unspecified atom stereocenters. The lowest BCUT2D eigenvalue weighted by Crippen LogP contribution is -2.41. The van der Waals surface area contributed by atoms with Crippen molar-refractivity contribution in [1.29, 1.82) is 0 Å². The maximum absolute atomic E-state index is 12.9. The standard InChI is InChI=1S/C21H28ClNO2.ClH/c22-17-9-7-16(8-10-17)19-18(15-23-13-5-2-6-14-23)20(24)25-21(19)11-3-1-4-12-21;/h7-10,18-19H,1-6,11-15H2;1H. The van der Waals surface area contributed by atoms with Crippen LogP contribution in [0.2, 0.25) is 5.02 Å². The lowest BCUT2D eigenvalue weighted by molar-refractivity contribution is -0.153. The zero-order valence-corrected chi connectivity index (χ0v) is 16.9. The number of benzene rings is 1. The number of ether oxygens (including phenoxy) is 1. The van der Waals surface area contributed by atoms with Crippen LogP contribution in [0, 0.1) is 5.92 Å². The molecule has 1 aliphatic carbocycles. The summed E-state index contributed by atoms with van der Waals surface area (Å²) in [4.78, 5) is 15.4. The molecule has 4 rings (SSSR count). The van der Waals surface area contributed by atoms with Gasteiger partial charge in [0.25, 0.3) is 0 Å². The van der Waals surface area contributed by atoms with E-state index in [1.165, 1.54) is 31.2 Å². The van der Waals surface area contributed by atoms with E-state index in [-0.39, 0.29) is 35.8 Å². The fourth-order valence-electron chi connectivity index (χ4n) is 5.21. The maximum Gasteiger partial charge on any atom is 0.311 e. The molecule has 26 heavy (non-hydrogen) atoms. The van der Waals surface area contributed by atoms with Crippen molar-refractivity contribution in [1.82, 2.24) is 4.90 Å². The van der Waals surface area contributed by atoms with E-state index in [0.29, 0.717) is 0 Å². The molecular weight excluding hydrogens is 369 g/mol. The van der Waals surface area contributed by atoms with E-state index in [4.69, 9.17) is 16.3 Å². The second kappa shape index (κ2) is 8.50. The Morgan fingerprint density at radius 3 is 2.27 bits per heavy atom. The Kier molecular flexibility index (Phi) is 6.53. The number of halogens is 2. The number of hydrogen-bond acceptors (Lipinski definition) is 3. The summed E-state index contributed by atoms with van der Waals surface area (Å²) in [5, 5.41) is 0.749. The molecule has 3 aliphatic rings. The first-order valence-corrected chi connectivity index (χ1v) is 10.3. The monoisotopic (exact) mass is 397 g/mol. The second-order valence-corrected chi connectivity index (χ2v) is 8.48. The average Bonchev–Trinajstić information content (AvgIpc) is 2.88. The van der Waals surface area contributed by atoms with Gasteiger partial charge < -0.3 is 9.64 Å². The Labute approximate surface area is 167 Å². The van der Waals surface area contributed by atoms with Gasteiger partial charge in [-0.25, -0.2) is 0 Å². The summed E-state index contributed by atoms with van der Waals surface area (Å²) in [7, 11) is 0. The van der Waals surface area contributed by atoms with Gasteiger partial charge in [0.1, 0.15) is 5.60 Å². The third-order valence-corrected chi connectivity index (χ3v) is 6.66. The molecule has 2 atom stereocenters. The second-order valence-electron chi connectivity index (χ2n) is 8.04. The predicted octanol–water partition coefficient (Wildman–Crippen LogP) is 5.21. The Balaban J connectivity index is 0.00000196. The zero-order valence-electron chi connectivity index (χ0n) is 15.3.